The molecule has 0 saturated carbocycles. The van der Waals surface area contributed by atoms with E-state index < -0.39 is 23.4 Å². The molecule has 0 bridgehead atoms. The fraction of sp³-hybridized carbons (Fsp3) is 0.111. The smallest absolute Gasteiger partial charge is 0.338 e. The lowest BCUT2D eigenvalue weighted by molar-refractivity contribution is -0.137. The molecule has 0 unspecified atom stereocenters. The van der Waals surface area contributed by atoms with Gasteiger partial charge in [-0.15, -0.1) is 0 Å². The maximum atomic E-state index is 13.8. The van der Waals surface area contributed by atoms with Crippen molar-refractivity contribution in [1.82, 2.24) is 9.97 Å². The van der Waals surface area contributed by atoms with Gasteiger partial charge in [-0.25, -0.2) is 13.8 Å². The Morgan fingerprint density at radius 3 is 2.37 bits per heavy atom. The zero-order valence-electron chi connectivity index (χ0n) is 13.9. The van der Waals surface area contributed by atoms with Crippen LogP contribution < -0.4 is 10.6 Å². The van der Waals surface area contributed by atoms with Gasteiger partial charge in [-0.3, -0.25) is 0 Å². The maximum absolute atomic E-state index is 13.8. The van der Waals surface area contributed by atoms with E-state index in [2.05, 4.69) is 20.6 Å². The van der Waals surface area contributed by atoms with Gasteiger partial charge in [-0.1, -0.05) is 6.07 Å². The maximum Gasteiger partial charge on any atom is 0.416 e. The number of nitrogens with zero attached hydrogens (tertiary/aromatic N) is 2. The molecule has 2 aromatic carbocycles. The average molecular weight is 380 g/mol. The normalized spacial score (nSPS) is 11.3. The molecular formula is C18H13F5N4. The topological polar surface area (TPSA) is 49.8 Å². The summed E-state index contributed by atoms with van der Waals surface area (Å²) in [7, 11) is 0. The van der Waals surface area contributed by atoms with Gasteiger partial charge in [0.15, 0.2) is 0 Å². The number of anilines is 4. The molecule has 3 rings (SSSR count). The SMILES string of the molecule is Cc1cc(Nc2ccc(F)cc2F)nc(Nc2cccc(C(F)(F)F)c2)n1. The Morgan fingerprint density at radius 2 is 1.67 bits per heavy atom. The van der Waals surface area contributed by atoms with Crippen molar-refractivity contribution in [1.29, 1.82) is 0 Å². The Bertz CT molecular complexity index is 972. The fourth-order valence-electron chi connectivity index (χ4n) is 2.32. The number of rotatable bonds is 4. The summed E-state index contributed by atoms with van der Waals surface area (Å²) in [6.45, 7) is 1.64. The molecule has 0 fully saturated rings. The first kappa shape index (κ1) is 18.6. The van der Waals surface area contributed by atoms with Crippen molar-refractivity contribution in [2.75, 3.05) is 10.6 Å². The summed E-state index contributed by atoms with van der Waals surface area (Å²) < 4.78 is 65.2. The van der Waals surface area contributed by atoms with E-state index in [4.69, 9.17) is 0 Å². The van der Waals surface area contributed by atoms with Gasteiger partial charge in [0.1, 0.15) is 17.5 Å². The summed E-state index contributed by atoms with van der Waals surface area (Å²) >= 11 is 0. The Labute approximate surface area is 151 Å². The predicted octanol–water partition coefficient (Wildman–Crippen LogP) is 5.57. The van der Waals surface area contributed by atoms with Crippen LogP contribution in [0.15, 0.2) is 48.5 Å². The number of nitrogens with one attached hydrogen (secondary N) is 2. The summed E-state index contributed by atoms with van der Waals surface area (Å²) in [5.41, 5.74) is -0.176. The van der Waals surface area contributed by atoms with Crippen LogP contribution in [0.25, 0.3) is 0 Å². The Kier molecular flexibility index (Phi) is 4.93. The highest BCUT2D eigenvalue weighted by Gasteiger charge is 2.30. The lowest BCUT2D eigenvalue weighted by Gasteiger charge is -2.12. The highest BCUT2D eigenvalue weighted by molar-refractivity contribution is 5.61. The van der Waals surface area contributed by atoms with Crippen LogP contribution in [0.4, 0.5) is 45.1 Å². The van der Waals surface area contributed by atoms with Crippen LogP contribution in [-0.4, -0.2) is 9.97 Å². The summed E-state index contributed by atoms with van der Waals surface area (Å²) in [5, 5.41) is 5.38. The zero-order valence-corrected chi connectivity index (χ0v) is 13.9. The van der Waals surface area contributed by atoms with Crippen LogP contribution >= 0.6 is 0 Å². The third-order valence-corrected chi connectivity index (χ3v) is 3.49. The number of aromatic nitrogens is 2. The monoisotopic (exact) mass is 380 g/mol. The summed E-state index contributed by atoms with van der Waals surface area (Å²) in [6, 6.07) is 9.11. The van der Waals surface area contributed by atoms with E-state index in [1.165, 1.54) is 24.3 Å². The molecule has 0 aliphatic rings. The van der Waals surface area contributed by atoms with Crippen LogP contribution in [0.2, 0.25) is 0 Å². The molecule has 0 aliphatic carbocycles. The number of halogens is 5. The van der Waals surface area contributed by atoms with E-state index in [-0.39, 0.29) is 23.1 Å². The molecular weight excluding hydrogens is 367 g/mol. The highest BCUT2D eigenvalue weighted by Crippen LogP contribution is 2.31. The quantitative estimate of drug-likeness (QED) is 0.581. The number of aryl methyl sites for hydroxylation is 1. The largest absolute Gasteiger partial charge is 0.416 e. The molecule has 0 radical (unpaired) electrons. The van der Waals surface area contributed by atoms with E-state index in [0.717, 1.165) is 24.3 Å². The third kappa shape index (κ3) is 4.69. The molecule has 140 valence electrons. The summed E-state index contributed by atoms with van der Waals surface area (Å²) in [6.07, 6.45) is -4.47. The van der Waals surface area contributed by atoms with Gasteiger partial charge < -0.3 is 10.6 Å². The molecule has 0 spiro atoms. The molecule has 4 nitrogen and oxygen atoms in total. The lowest BCUT2D eigenvalue weighted by atomic mass is 10.2. The molecule has 2 N–H and O–H groups in total. The molecule has 0 saturated heterocycles. The van der Waals surface area contributed by atoms with E-state index in [1.807, 2.05) is 0 Å². The van der Waals surface area contributed by atoms with Crippen LogP contribution in [-0.2, 0) is 6.18 Å². The second kappa shape index (κ2) is 7.18. The van der Waals surface area contributed by atoms with E-state index >= 15 is 0 Å². The van der Waals surface area contributed by atoms with Crippen molar-refractivity contribution in [3.05, 3.63) is 71.4 Å². The van der Waals surface area contributed by atoms with E-state index in [1.54, 1.807) is 6.92 Å². The first-order valence-corrected chi connectivity index (χ1v) is 7.73. The van der Waals surface area contributed by atoms with Gasteiger partial charge in [0.2, 0.25) is 5.95 Å². The first-order chi connectivity index (χ1) is 12.7. The number of hydrogen-bond donors (Lipinski definition) is 2. The van der Waals surface area contributed by atoms with Crippen LogP contribution in [0, 0.1) is 18.6 Å². The molecule has 0 aliphatic heterocycles. The average Bonchev–Trinajstić information content (AvgIpc) is 2.56. The van der Waals surface area contributed by atoms with Gasteiger partial charge >= 0.3 is 6.18 Å². The minimum atomic E-state index is -4.47. The number of alkyl halides is 3. The Balaban J connectivity index is 1.85. The van der Waals surface area contributed by atoms with Crippen LogP contribution in [0.5, 0.6) is 0 Å². The number of benzene rings is 2. The minimum Gasteiger partial charge on any atom is -0.338 e. The Morgan fingerprint density at radius 1 is 0.889 bits per heavy atom. The molecule has 9 heteroatoms. The third-order valence-electron chi connectivity index (χ3n) is 3.49. The van der Waals surface area contributed by atoms with E-state index in [9.17, 15) is 22.0 Å². The van der Waals surface area contributed by atoms with Crippen molar-refractivity contribution in [3.63, 3.8) is 0 Å². The molecule has 3 aromatic rings. The Hall–Kier alpha value is -3.23. The summed E-state index contributed by atoms with van der Waals surface area (Å²) in [5.74, 6) is -1.30. The lowest BCUT2D eigenvalue weighted by Crippen LogP contribution is -2.06. The number of hydrogen-bond acceptors (Lipinski definition) is 4. The minimum absolute atomic E-state index is 0.000446. The van der Waals surface area contributed by atoms with Crippen LogP contribution in [0.3, 0.4) is 0 Å². The second-order valence-corrected chi connectivity index (χ2v) is 5.67. The molecule has 27 heavy (non-hydrogen) atoms. The zero-order chi connectivity index (χ0) is 19.6. The van der Waals surface area contributed by atoms with Crippen molar-refractivity contribution in [2.45, 2.75) is 13.1 Å². The van der Waals surface area contributed by atoms with E-state index in [0.29, 0.717) is 5.69 Å². The van der Waals surface area contributed by atoms with Crippen molar-refractivity contribution < 1.29 is 22.0 Å². The van der Waals surface area contributed by atoms with Gasteiger partial charge in [0, 0.05) is 23.5 Å². The second-order valence-electron chi connectivity index (χ2n) is 5.67. The van der Waals surface area contributed by atoms with Crippen molar-refractivity contribution in [3.8, 4) is 0 Å². The molecule has 1 heterocycles. The van der Waals surface area contributed by atoms with Crippen LogP contribution in [0.1, 0.15) is 11.3 Å². The highest BCUT2D eigenvalue weighted by atomic mass is 19.4. The first-order valence-electron chi connectivity index (χ1n) is 7.73. The standard InChI is InChI=1S/C18H13F5N4/c1-10-7-16(26-15-6-5-12(19)9-14(15)20)27-17(24-10)25-13-4-2-3-11(8-13)18(21,22)23/h2-9H,1H3,(H2,24,25,26,27). The predicted molar refractivity (Wildman–Crippen MR) is 91.1 cm³/mol. The summed E-state index contributed by atoms with van der Waals surface area (Å²) in [4.78, 5) is 8.21. The van der Waals surface area contributed by atoms with Crippen molar-refractivity contribution in [2.24, 2.45) is 0 Å². The van der Waals surface area contributed by atoms with Gasteiger partial charge in [0.05, 0.1) is 11.3 Å². The fourth-order valence-corrected chi connectivity index (χ4v) is 2.32. The van der Waals surface area contributed by atoms with Gasteiger partial charge in [0.25, 0.3) is 0 Å². The van der Waals surface area contributed by atoms with Crippen molar-refractivity contribution >= 4 is 23.1 Å². The van der Waals surface area contributed by atoms with Gasteiger partial charge in [-0.2, -0.15) is 18.2 Å². The molecule has 0 atom stereocenters. The molecule has 0 amide bonds. The van der Waals surface area contributed by atoms with Gasteiger partial charge in [-0.05, 0) is 37.3 Å². The molecule has 1 aromatic heterocycles.